The summed E-state index contributed by atoms with van der Waals surface area (Å²) in [7, 11) is 2.18. The smallest absolute Gasteiger partial charge is 0.0105 e. The Hall–Kier alpha value is -0.120. The molecule has 98 valence electrons. The molecular weight excluding hydrogens is 198 g/mol. The SMILES string of the molecule is CN(CCNC(C)(C)C)CCNC(C)(C)C. The molecule has 16 heavy (non-hydrogen) atoms. The lowest BCUT2D eigenvalue weighted by Gasteiger charge is -2.25. The van der Waals surface area contributed by atoms with Gasteiger partial charge in [0.2, 0.25) is 0 Å². The lowest BCUT2D eigenvalue weighted by molar-refractivity contribution is 0.294. The molecular formula is C13H31N3. The first-order chi connectivity index (χ1) is 7.10. The molecule has 0 saturated heterocycles. The topological polar surface area (TPSA) is 27.3 Å². The molecule has 0 aromatic rings. The van der Waals surface area contributed by atoms with Crippen molar-refractivity contribution in [2.45, 2.75) is 52.6 Å². The van der Waals surface area contributed by atoms with Crippen LogP contribution in [0.1, 0.15) is 41.5 Å². The molecule has 0 radical (unpaired) electrons. The lowest BCUT2D eigenvalue weighted by atomic mass is 10.1. The molecule has 0 amide bonds. The molecule has 0 fully saturated rings. The number of hydrogen-bond acceptors (Lipinski definition) is 3. The fourth-order valence-electron chi connectivity index (χ4n) is 1.36. The van der Waals surface area contributed by atoms with Gasteiger partial charge in [0.15, 0.2) is 0 Å². The second-order valence-corrected chi connectivity index (χ2v) is 6.66. The minimum Gasteiger partial charge on any atom is -0.311 e. The van der Waals surface area contributed by atoms with Crippen LogP contribution in [0, 0.1) is 0 Å². The van der Waals surface area contributed by atoms with Crippen molar-refractivity contribution in [1.82, 2.24) is 15.5 Å². The minimum absolute atomic E-state index is 0.227. The third-order valence-corrected chi connectivity index (χ3v) is 2.30. The van der Waals surface area contributed by atoms with Gasteiger partial charge in [0, 0.05) is 37.3 Å². The molecule has 0 aliphatic carbocycles. The van der Waals surface area contributed by atoms with Gasteiger partial charge in [0.05, 0.1) is 0 Å². The van der Waals surface area contributed by atoms with E-state index in [4.69, 9.17) is 0 Å². The van der Waals surface area contributed by atoms with Gasteiger partial charge in [-0.3, -0.25) is 0 Å². The van der Waals surface area contributed by atoms with Crippen LogP contribution in [0.2, 0.25) is 0 Å². The molecule has 0 aliphatic rings. The zero-order chi connectivity index (χ0) is 12.8. The normalized spacial score (nSPS) is 13.5. The van der Waals surface area contributed by atoms with Crippen LogP contribution < -0.4 is 10.6 Å². The molecule has 0 aromatic carbocycles. The van der Waals surface area contributed by atoms with E-state index in [1.807, 2.05) is 0 Å². The Morgan fingerprint density at radius 1 is 0.750 bits per heavy atom. The molecule has 2 N–H and O–H groups in total. The van der Waals surface area contributed by atoms with Crippen LogP contribution in [0.5, 0.6) is 0 Å². The third kappa shape index (κ3) is 12.0. The fraction of sp³-hybridized carbons (Fsp3) is 1.00. The minimum atomic E-state index is 0.227. The number of nitrogens with one attached hydrogen (secondary N) is 2. The van der Waals surface area contributed by atoms with E-state index in [1.165, 1.54) is 0 Å². The molecule has 0 rings (SSSR count). The van der Waals surface area contributed by atoms with Crippen LogP contribution in [0.15, 0.2) is 0 Å². The number of nitrogens with zero attached hydrogens (tertiary/aromatic N) is 1. The molecule has 3 nitrogen and oxygen atoms in total. The van der Waals surface area contributed by atoms with E-state index in [0.29, 0.717) is 0 Å². The summed E-state index contributed by atoms with van der Waals surface area (Å²) >= 11 is 0. The van der Waals surface area contributed by atoms with Crippen molar-refractivity contribution in [3.8, 4) is 0 Å². The number of rotatable bonds is 6. The second kappa shape index (κ2) is 6.58. The average Bonchev–Trinajstić information content (AvgIpc) is 1.98. The van der Waals surface area contributed by atoms with Crippen molar-refractivity contribution in [1.29, 1.82) is 0 Å². The van der Waals surface area contributed by atoms with Crippen LogP contribution in [0.25, 0.3) is 0 Å². The van der Waals surface area contributed by atoms with E-state index in [0.717, 1.165) is 26.2 Å². The maximum absolute atomic E-state index is 3.50. The van der Waals surface area contributed by atoms with E-state index in [2.05, 4.69) is 64.1 Å². The predicted molar refractivity (Wildman–Crippen MR) is 73.0 cm³/mol. The van der Waals surface area contributed by atoms with E-state index < -0.39 is 0 Å². The lowest BCUT2D eigenvalue weighted by Crippen LogP contribution is -2.43. The van der Waals surface area contributed by atoms with Crippen LogP contribution in [0.3, 0.4) is 0 Å². The van der Waals surface area contributed by atoms with Crippen molar-refractivity contribution >= 4 is 0 Å². The zero-order valence-electron chi connectivity index (χ0n) is 12.3. The van der Waals surface area contributed by atoms with Gasteiger partial charge < -0.3 is 15.5 Å². The number of hydrogen-bond donors (Lipinski definition) is 2. The summed E-state index contributed by atoms with van der Waals surface area (Å²) in [5.74, 6) is 0. The van der Waals surface area contributed by atoms with Gasteiger partial charge in [-0.2, -0.15) is 0 Å². The summed E-state index contributed by atoms with van der Waals surface area (Å²) in [6.07, 6.45) is 0. The monoisotopic (exact) mass is 229 g/mol. The van der Waals surface area contributed by atoms with Crippen molar-refractivity contribution in [2.75, 3.05) is 33.2 Å². The van der Waals surface area contributed by atoms with Crippen molar-refractivity contribution in [2.24, 2.45) is 0 Å². The second-order valence-electron chi connectivity index (χ2n) is 6.66. The molecule has 0 heterocycles. The highest BCUT2D eigenvalue weighted by Gasteiger charge is 2.10. The Bertz CT molecular complexity index is 157. The van der Waals surface area contributed by atoms with E-state index >= 15 is 0 Å². The molecule has 0 unspecified atom stereocenters. The van der Waals surface area contributed by atoms with E-state index in [1.54, 1.807) is 0 Å². The summed E-state index contributed by atoms with van der Waals surface area (Å²) in [5, 5.41) is 6.99. The summed E-state index contributed by atoms with van der Waals surface area (Å²) in [6.45, 7) is 17.5. The number of likely N-dealkylation sites (N-methyl/N-ethyl adjacent to an activating group) is 1. The largest absolute Gasteiger partial charge is 0.311 e. The van der Waals surface area contributed by atoms with E-state index in [-0.39, 0.29) is 11.1 Å². The first kappa shape index (κ1) is 15.9. The Morgan fingerprint density at radius 2 is 1.06 bits per heavy atom. The molecule has 3 heteroatoms. The van der Waals surface area contributed by atoms with Crippen LogP contribution in [-0.2, 0) is 0 Å². The predicted octanol–water partition coefficient (Wildman–Crippen LogP) is 1.69. The zero-order valence-corrected chi connectivity index (χ0v) is 12.3. The van der Waals surface area contributed by atoms with Gasteiger partial charge in [-0.05, 0) is 48.6 Å². The van der Waals surface area contributed by atoms with Gasteiger partial charge >= 0.3 is 0 Å². The first-order valence-corrected chi connectivity index (χ1v) is 6.29. The average molecular weight is 229 g/mol. The maximum atomic E-state index is 3.50. The maximum Gasteiger partial charge on any atom is 0.0105 e. The van der Waals surface area contributed by atoms with Crippen LogP contribution in [0.4, 0.5) is 0 Å². The van der Waals surface area contributed by atoms with Gasteiger partial charge in [0.1, 0.15) is 0 Å². The van der Waals surface area contributed by atoms with E-state index in [9.17, 15) is 0 Å². The highest BCUT2D eigenvalue weighted by molar-refractivity contribution is 4.72. The van der Waals surface area contributed by atoms with Gasteiger partial charge in [-0.25, -0.2) is 0 Å². The summed E-state index contributed by atoms with van der Waals surface area (Å²) in [4.78, 5) is 2.36. The molecule has 0 saturated carbocycles. The summed E-state index contributed by atoms with van der Waals surface area (Å²) < 4.78 is 0. The van der Waals surface area contributed by atoms with Gasteiger partial charge in [-0.1, -0.05) is 0 Å². The quantitative estimate of drug-likeness (QED) is 0.726. The fourth-order valence-corrected chi connectivity index (χ4v) is 1.36. The Labute approximate surface area is 102 Å². The third-order valence-electron chi connectivity index (χ3n) is 2.30. The van der Waals surface area contributed by atoms with Gasteiger partial charge in [0.25, 0.3) is 0 Å². The Kier molecular flexibility index (Phi) is 6.53. The molecule has 0 aliphatic heterocycles. The van der Waals surface area contributed by atoms with Gasteiger partial charge in [-0.15, -0.1) is 0 Å². The molecule has 0 bridgehead atoms. The molecule has 0 aromatic heterocycles. The van der Waals surface area contributed by atoms with Crippen LogP contribution in [-0.4, -0.2) is 49.2 Å². The summed E-state index contributed by atoms with van der Waals surface area (Å²) in [5.41, 5.74) is 0.453. The Morgan fingerprint density at radius 3 is 1.31 bits per heavy atom. The molecule has 0 spiro atoms. The highest BCUT2D eigenvalue weighted by Crippen LogP contribution is 1.98. The summed E-state index contributed by atoms with van der Waals surface area (Å²) in [6, 6.07) is 0. The van der Waals surface area contributed by atoms with Crippen LogP contribution >= 0.6 is 0 Å². The van der Waals surface area contributed by atoms with Crippen molar-refractivity contribution < 1.29 is 0 Å². The highest BCUT2D eigenvalue weighted by atomic mass is 15.1. The Balaban J connectivity index is 3.49. The first-order valence-electron chi connectivity index (χ1n) is 6.29. The molecule has 0 atom stereocenters. The standard InChI is InChI=1S/C13H31N3/c1-12(2,3)14-8-10-16(7)11-9-15-13(4,5)6/h14-15H,8-11H2,1-7H3. The van der Waals surface area contributed by atoms with Crippen molar-refractivity contribution in [3.63, 3.8) is 0 Å². The van der Waals surface area contributed by atoms with Crippen molar-refractivity contribution in [3.05, 3.63) is 0 Å².